The van der Waals surface area contributed by atoms with Gasteiger partial charge in [-0.1, -0.05) is 12.1 Å². The van der Waals surface area contributed by atoms with Crippen LogP contribution < -0.4 is 14.4 Å². The van der Waals surface area contributed by atoms with E-state index in [9.17, 15) is 10.1 Å². The van der Waals surface area contributed by atoms with Crippen molar-refractivity contribution in [1.29, 1.82) is 0 Å². The predicted molar refractivity (Wildman–Crippen MR) is 109 cm³/mol. The third kappa shape index (κ3) is 4.58. The number of thiophene rings is 1. The lowest BCUT2D eigenvalue weighted by Gasteiger charge is -2.22. The normalized spacial score (nSPS) is 10.5. The van der Waals surface area contributed by atoms with Crippen molar-refractivity contribution in [1.82, 2.24) is 4.98 Å². The van der Waals surface area contributed by atoms with Gasteiger partial charge in [0.1, 0.15) is 6.61 Å². The standard InChI is InChI=1S/C20H21N3O4S/c1-3-22(20-17(23(24)25)7-4-10-21-20)13-15-8-9-18(19(12-15)26-2)27-14-16-6-5-11-28-16/h4-12H,3,13-14H2,1-2H3. The molecular weight excluding hydrogens is 378 g/mol. The maximum absolute atomic E-state index is 11.3. The lowest BCUT2D eigenvalue weighted by molar-refractivity contribution is -0.384. The first kappa shape index (κ1) is 19.6. The Morgan fingerprint density at radius 2 is 2.07 bits per heavy atom. The molecule has 0 saturated heterocycles. The van der Waals surface area contributed by atoms with Gasteiger partial charge in [-0.25, -0.2) is 4.98 Å². The molecule has 1 aromatic carbocycles. The molecule has 2 aromatic heterocycles. The molecule has 28 heavy (non-hydrogen) atoms. The molecule has 0 spiro atoms. The van der Waals surface area contributed by atoms with Gasteiger partial charge in [0.05, 0.1) is 12.0 Å². The molecular formula is C20H21N3O4S. The Labute approximate surface area is 167 Å². The van der Waals surface area contributed by atoms with Crippen molar-refractivity contribution in [3.8, 4) is 11.5 Å². The summed E-state index contributed by atoms with van der Waals surface area (Å²) in [6.07, 6.45) is 1.56. The fourth-order valence-electron chi connectivity index (χ4n) is 2.80. The van der Waals surface area contributed by atoms with E-state index < -0.39 is 4.92 Å². The van der Waals surface area contributed by atoms with Crippen LogP contribution in [0.1, 0.15) is 17.4 Å². The summed E-state index contributed by atoms with van der Waals surface area (Å²) >= 11 is 1.64. The van der Waals surface area contributed by atoms with E-state index in [-0.39, 0.29) is 5.69 Å². The zero-order chi connectivity index (χ0) is 19.9. The highest BCUT2D eigenvalue weighted by molar-refractivity contribution is 7.09. The van der Waals surface area contributed by atoms with Crippen LogP contribution in [0.15, 0.2) is 54.0 Å². The minimum absolute atomic E-state index is 0.00721. The van der Waals surface area contributed by atoms with Crippen molar-refractivity contribution < 1.29 is 14.4 Å². The van der Waals surface area contributed by atoms with Gasteiger partial charge < -0.3 is 14.4 Å². The van der Waals surface area contributed by atoms with Crippen molar-refractivity contribution in [2.24, 2.45) is 0 Å². The molecule has 3 rings (SSSR count). The average Bonchev–Trinajstić information content (AvgIpc) is 3.24. The first-order valence-electron chi connectivity index (χ1n) is 8.78. The van der Waals surface area contributed by atoms with Gasteiger partial charge in [0.15, 0.2) is 11.5 Å². The molecule has 0 amide bonds. The van der Waals surface area contributed by atoms with Gasteiger partial charge in [0, 0.05) is 30.2 Å². The first-order chi connectivity index (χ1) is 13.6. The van der Waals surface area contributed by atoms with Gasteiger partial charge >= 0.3 is 5.69 Å². The van der Waals surface area contributed by atoms with Crippen molar-refractivity contribution in [3.05, 3.63) is 74.6 Å². The molecule has 0 N–H and O–H groups in total. The molecule has 0 aliphatic rings. The molecule has 0 atom stereocenters. The summed E-state index contributed by atoms with van der Waals surface area (Å²) in [6.45, 7) is 3.47. The molecule has 3 aromatic rings. The third-order valence-electron chi connectivity index (χ3n) is 4.20. The maximum Gasteiger partial charge on any atom is 0.311 e. The highest BCUT2D eigenvalue weighted by Gasteiger charge is 2.20. The van der Waals surface area contributed by atoms with Crippen molar-refractivity contribution in [3.63, 3.8) is 0 Å². The summed E-state index contributed by atoms with van der Waals surface area (Å²) in [7, 11) is 1.60. The zero-order valence-corrected chi connectivity index (χ0v) is 16.5. The zero-order valence-electron chi connectivity index (χ0n) is 15.7. The second-order valence-electron chi connectivity index (χ2n) is 5.97. The van der Waals surface area contributed by atoms with E-state index >= 15 is 0 Å². The highest BCUT2D eigenvalue weighted by Crippen LogP contribution is 2.31. The van der Waals surface area contributed by atoms with Crippen LogP contribution in [0.2, 0.25) is 0 Å². The van der Waals surface area contributed by atoms with Gasteiger partial charge in [-0.05, 0) is 42.1 Å². The van der Waals surface area contributed by atoms with E-state index in [1.807, 2.05) is 47.5 Å². The van der Waals surface area contributed by atoms with Gasteiger partial charge in [0.2, 0.25) is 5.82 Å². The minimum atomic E-state index is -0.410. The maximum atomic E-state index is 11.3. The number of hydrogen-bond acceptors (Lipinski definition) is 7. The molecule has 0 fully saturated rings. The fourth-order valence-corrected chi connectivity index (χ4v) is 3.42. The van der Waals surface area contributed by atoms with Gasteiger partial charge in [-0.15, -0.1) is 11.3 Å². The van der Waals surface area contributed by atoms with E-state index in [0.717, 1.165) is 10.4 Å². The molecule has 0 aliphatic heterocycles. The number of rotatable bonds is 9. The lowest BCUT2D eigenvalue weighted by Crippen LogP contribution is -2.24. The van der Waals surface area contributed by atoms with Crippen LogP contribution in [0.25, 0.3) is 0 Å². The molecule has 7 nitrogen and oxygen atoms in total. The lowest BCUT2D eigenvalue weighted by atomic mass is 10.2. The monoisotopic (exact) mass is 399 g/mol. The fraction of sp³-hybridized carbons (Fsp3) is 0.250. The van der Waals surface area contributed by atoms with Crippen LogP contribution in [0, 0.1) is 10.1 Å². The predicted octanol–water partition coefficient (Wildman–Crippen LogP) is 4.67. The third-order valence-corrected chi connectivity index (χ3v) is 5.05. The van der Waals surface area contributed by atoms with Crippen LogP contribution in [0.5, 0.6) is 11.5 Å². The van der Waals surface area contributed by atoms with Gasteiger partial charge in [-0.2, -0.15) is 0 Å². The first-order valence-corrected chi connectivity index (χ1v) is 9.66. The average molecular weight is 399 g/mol. The van der Waals surface area contributed by atoms with Crippen molar-refractivity contribution in [2.45, 2.75) is 20.1 Å². The Kier molecular flexibility index (Phi) is 6.44. The molecule has 0 unspecified atom stereocenters. The SMILES string of the molecule is CCN(Cc1ccc(OCc2cccs2)c(OC)c1)c1ncccc1[N+](=O)[O-]. The van der Waals surface area contributed by atoms with Crippen molar-refractivity contribution in [2.75, 3.05) is 18.6 Å². The topological polar surface area (TPSA) is 77.7 Å². The van der Waals surface area contributed by atoms with Gasteiger partial charge in [-0.3, -0.25) is 10.1 Å². The number of pyridine rings is 1. The Hall–Kier alpha value is -3.13. The molecule has 0 bridgehead atoms. The summed E-state index contributed by atoms with van der Waals surface area (Å²) in [6, 6.07) is 12.7. The van der Waals surface area contributed by atoms with E-state index in [1.165, 1.54) is 6.07 Å². The summed E-state index contributed by atoms with van der Waals surface area (Å²) in [5.41, 5.74) is 0.939. The Bertz CT molecular complexity index is 931. The van der Waals surface area contributed by atoms with Crippen LogP contribution >= 0.6 is 11.3 Å². The van der Waals surface area contributed by atoms with Crippen LogP contribution in [0.4, 0.5) is 11.5 Å². The number of aromatic nitrogens is 1. The number of anilines is 1. The van der Waals surface area contributed by atoms with Gasteiger partial charge in [0.25, 0.3) is 0 Å². The Morgan fingerprint density at radius 1 is 1.21 bits per heavy atom. The van der Waals surface area contributed by atoms with Crippen LogP contribution in [-0.2, 0) is 13.2 Å². The smallest absolute Gasteiger partial charge is 0.311 e. The minimum Gasteiger partial charge on any atom is -0.493 e. The number of methoxy groups -OCH3 is 1. The number of nitro groups is 1. The van der Waals surface area contributed by atoms with E-state index in [4.69, 9.17) is 9.47 Å². The number of benzene rings is 1. The second-order valence-corrected chi connectivity index (χ2v) is 7.00. The largest absolute Gasteiger partial charge is 0.493 e. The Balaban J connectivity index is 1.78. The molecule has 8 heteroatoms. The van der Waals surface area contributed by atoms with E-state index in [2.05, 4.69) is 4.98 Å². The molecule has 0 saturated carbocycles. The summed E-state index contributed by atoms with van der Waals surface area (Å²) < 4.78 is 11.3. The van der Waals surface area contributed by atoms with Crippen LogP contribution in [0.3, 0.4) is 0 Å². The molecule has 0 aliphatic carbocycles. The van der Waals surface area contributed by atoms with Crippen molar-refractivity contribution >= 4 is 22.8 Å². The summed E-state index contributed by atoms with van der Waals surface area (Å²) in [4.78, 5) is 18.1. The van der Waals surface area contributed by atoms with E-state index in [1.54, 1.807) is 30.7 Å². The van der Waals surface area contributed by atoms with E-state index in [0.29, 0.717) is 37.0 Å². The second kappa shape index (κ2) is 9.18. The molecule has 146 valence electrons. The Morgan fingerprint density at radius 3 is 2.75 bits per heavy atom. The number of nitrogens with zero attached hydrogens (tertiary/aromatic N) is 3. The summed E-state index contributed by atoms with van der Waals surface area (Å²) in [5.74, 6) is 1.64. The van der Waals surface area contributed by atoms with Crippen LogP contribution in [-0.4, -0.2) is 23.6 Å². The number of hydrogen-bond donors (Lipinski definition) is 0. The summed E-state index contributed by atoms with van der Waals surface area (Å²) in [5, 5.41) is 13.3. The molecule has 2 heterocycles. The molecule has 0 radical (unpaired) electrons. The number of ether oxygens (including phenoxy) is 2. The quantitative estimate of drug-likeness (QED) is 0.384. The highest BCUT2D eigenvalue weighted by atomic mass is 32.1.